The lowest BCUT2D eigenvalue weighted by molar-refractivity contribution is 0.478. The summed E-state index contributed by atoms with van der Waals surface area (Å²) < 4.78 is 30.4. The minimum absolute atomic E-state index is 0.607. The fourth-order valence-corrected chi connectivity index (χ4v) is 1.48. The number of benzene rings is 1. The van der Waals surface area contributed by atoms with Gasteiger partial charge in [-0.25, -0.2) is 0 Å². The second-order valence-corrected chi connectivity index (χ2v) is 4.22. The molecule has 0 aliphatic rings. The fourth-order valence-electron chi connectivity index (χ4n) is 0.954. The van der Waals surface area contributed by atoms with Gasteiger partial charge in [0.15, 0.2) is 5.37 Å². The van der Waals surface area contributed by atoms with Crippen molar-refractivity contribution in [1.82, 2.24) is 0 Å². The van der Waals surface area contributed by atoms with Gasteiger partial charge >= 0.3 is 0 Å². The van der Waals surface area contributed by atoms with Crippen molar-refractivity contribution in [1.29, 1.82) is 0 Å². The van der Waals surface area contributed by atoms with Gasteiger partial charge in [-0.1, -0.05) is 30.9 Å². The average Bonchev–Trinajstić information content (AvgIpc) is 2.14. The monoisotopic (exact) mass is 213 g/mol. The second-order valence-electron chi connectivity index (χ2n) is 2.68. The molecule has 0 saturated carbocycles. The second kappa shape index (κ2) is 4.26. The predicted molar refractivity (Wildman–Crippen MR) is 55.6 cm³/mol. The van der Waals surface area contributed by atoms with E-state index in [0.717, 1.165) is 6.08 Å². The molecule has 4 nitrogen and oxygen atoms in total. The van der Waals surface area contributed by atoms with Crippen molar-refractivity contribution in [2.45, 2.75) is 5.37 Å². The van der Waals surface area contributed by atoms with Crippen LogP contribution in [0.1, 0.15) is 0 Å². The summed E-state index contributed by atoms with van der Waals surface area (Å²) >= 11 is 0. The summed E-state index contributed by atoms with van der Waals surface area (Å²) in [5, 5.41) is 1.44. The van der Waals surface area contributed by atoms with Crippen molar-refractivity contribution in [3.05, 3.63) is 43.0 Å². The van der Waals surface area contributed by atoms with E-state index in [4.69, 9.17) is 4.55 Å². The Morgan fingerprint density at radius 3 is 2.36 bits per heavy atom. The number of hydrogen-bond acceptors (Lipinski definition) is 3. The van der Waals surface area contributed by atoms with Crippen LogP contribution in [-0.4, -0.2) is 18.3 Å². The molecule has 0 fully saturated rings. The lowest BCUT2D eigenvalue weighted by atomic mass is 10.3. The number of anilines is 1. The van der Waals surface area contributed by atoms with Gasteiger partial charge < -0.3 is 5.32 Å². The van der Waals surface area contributed by atoms with Gasteiger partial charge in [-0.05, 0) is 12.1 Å². The number of hydrogen-bond donors (Lipinski definition) is 2. The lowest BCUT2D eigenvalue weighted by Crippen LogP contribution is -2.26. The lowest BCUT2D eigenvalue weighted by Gasteiger charge is -2.12. The largest absolute Gasteiger partial charge is 0.364 e. The highest BCUT2D eigenvalue weighted by Gasteiger charge is 2.18. The van der Waals surface area contributed by atoms with Crippen LogP contribution in [0.25, 0.3) is 0 Å². The quantitative estimate of drug-likeness (QED) is 0.587. The van der Waals surface area contributed by atoms with Crippen molar-refractivity contribution in [3.63, 3.8) is 0 Å². The minimum atomic E-state index is -4.14. The van der Waals surface area contributed by atoms with E-state index < -0.39 is 15.5 Å². The Balaban J connectivity index is 2.82. The van der Waals surface area contributed by atoms with E-state index in [1.165, 1.54) is 0 Å². The maximum absolute atomic E-state index is 10.8. The van der Waals surface area contributed by atoms with Crippen LogP contribution in [0.3, 0.4) is 0 Å². The molecule has 0 aliphatic carbocycles. The average molecular weight is 213 g/mol. The molecule has 0 amide bonds. The van der Waals surface area contributed by atoms with Crippen molar-refractivity contribution in [2.24, 2.45) is 0 Å². The summed E-state index contributed by atoms with van der Waals surface area (Å²) in [6.45, 7) is 3.32. The van der Waals surface area contributed by atoms with Crippen LogP contribution in [-0.2, 0) is 10.1 Å². The van der Waals surface area contributed by atoms with Gasteiger partial charge in [-0.2, -0.15) is 8.42 Å². The Labute approximate surface area is 83.0 Å². The SMILES string of the molecule is C=CC(Nc1ccccc1)S(=O)(=O)O. The predicted octanol–water partition coefficient (Wildman–Crippen LogP) is 1.50. The molecule has 0 saturated heterocycles. The van der Waals surface area contributed by atoms with Crippen molar-refractivity contribution in [2.75, 3.05) is 5.32 Å². The van der Waals surface area contributed by atoms with E-state index >= 15 is 0 Å². The summed E-state index contributed by atoms with van der Waals surface area (Å²) in [5.74, 6) is 0. The topological polar surface area (TPSA) is 66.4 Å². The number of nitrogens with one attached hydrogen (secondary N) is 1. The van der Waals surface area contributed by atoms with Crippen molar-refractivity contribution < 1.29 is 13.0 Å². The van der Waals surface area contributed by atoms with E-state index in [1.54, 1.807) is 24.3 Å². The van der Waals surface area contributed by atoms with Crippen LogP contribution in [0.5, 0.6) is 0 Å². The van der Waals surface area contributed by atoms with Crippen LogP contribution in [0.15, 0.2) is 43.0 Å². The van der Waals surface area contributed by atoms with E-state index in [1.807, 2.05) is 6.07 Å². The molecule has 1 aromatic carbocycles. The van der Waals surface area contributed by atoms with Gasteiger partial charge in [-0.15, -0.1) is 0 Å². The first-order valence-corrected chi connectivity index (χ1v) is 5.45. The Hall–Kier alpha value is -1.33. The van der Waals surface area contributed by atoms with Gasteiger partial charge in [0, 0.05) is 5.69 Å². The Kier molecular flexibility index (Phi) is 3.27. The Bertz CT molecular complexity index is 399. The highest BCUT2D eigenvalue weighted by molar-refractivity contribution is 7.86. The summed E-state index contributed by atoms with van der Waals surface area (Å²) in [6, 6.07) is 8.71. The van der Waals surface area contributed by atoms with E-state index in [9.17, 15) is 8.42 Å². The molecule has 1 atom stereocenters. The van der Waals surface area contributed by atoms with E-state index in [0.29, 0.717) is 5.69 Å². The molecular weight excluding hydrogens is 202 g/mol. The van der Waals surface area contributed by atoms with Gasteiger partial charge in [0.2, 0.25) is 0 Å². The summed E-state index contributed by atoms with van der Waals surface area (Å²) in [6.07, 6.45) is 1.13. The van der Waals surface area contributed by atoms with E-state index in [-0.39, 0.29) is 0 Å². The van der Waals surface area contributed by atoms with Crippen LogP contribution in [0.4, 0.5) is 5.69 Å². The van der Waals surface area contributed by atoms with Gasteiger partial charge in [-0.3, -0.25) is 4.55 Å². The summed E-state index contributed by atoms with van der Waals surface area (Å²) in [4.78, 5) is 0. The minimum Gasteiger partial charge on any atom is -0.364 e. The number of rotatable bonds is 4. The third kappa shape index (κ3) is 2.86. The van der Waals surface area contributed by atoms with Crippen LogP contribution in [0.2, 0.25) is 0 Å². The summed E-state index contributed by atoms with van der Waals surface area (Å²) in [5.41, 5.74) is 0.607. The molecular formula is C9H11NO3S. The highest BCUT2D eigenvalue weighted by atomic mass is 32.2. The zero-order valence-corrected chi connectivity index (χ0v) is 8.24. The molecule has 2 N–H and O–H groups in total. The fraction of sp³-hybridized carbons (Fsp3) is 0.111. The smallest absolute Gasteiger partial charge is 0.289 e. The van der Waals surface area contributed by atoms with Crippen molar-refractivity contribution >= 4 is 15.8 Å². The van der Waals surface area contributed by atoms with Gasteiger partial charge in [0.1, 0.15) is 0 Å². The molecule has 0 aromatic heterocycles. The molecule has 1 unspecified atom stereocenters. The molecule has 0 radical (unpaired) electrons. The standard InChI is InChI=1S/C9H11NO3S/c1-2-9(14(11,12)13)10-8-6-4-3-5-7-8/h2-7,9-10H,1H2,(H,11,12,13). The van der Waals surface area contributed by atoms with Crippen LogP contribution >= 0.6 is 0 Å². The first-order valence-electron chi connectivity index (χ1n) is 3.94. The third-order valence-corrected chi connectivity index (χ3v) is 2.57. The maximum Gasteiger partial charge on any atom is 0.289 e. The van der Waals surface area contributed by atoms with Gasteiger partial charge in [0.25, 0.3) is 10.1 Å². The van der Waals surface area contributed by atoms with Crippen LogP contribution < -0.4 is 5.32 Å². The molecule has 0 heterocycles. The highest BCUT2D eigenvalue weighted by Crippen LogP contribution is 2.10. The molecule has 5 heteroatoms. The normalized spacial score (nSPS) is 13.2. The molecule has 0 bridgehead atoms. The summed E-state index contributed by atoms with van der Waals surface area (Å²) in [7, 11) is -4.14. The van der Waals surface area contributed by atoms with Crippen LogP contribution in [0, 0.1) is 0 Å². The van der Waals surface area contributed by atoms with E-state index in [2.05, 4.69) is 11.9 Å². The maximum atomic E-state index is 10.8. The Morgan fingerprint density at radius 1 is 1.36 bits per heavy atom. The third-order valence-electron chi connectivity index (χ3n) is 1.62. The molecule has 14 heavy (non-hydrogen) atoms. The first kappa shape index (κ1) is 10.7. The first-order chi connectivity index (χ1) is 6.54. The molecule has 1 aromatic rings. The van der Waals surface area contributed by atoms with Gasteiger partial charge in [0.05, 0.1) is 0 Å². The zero-order valence-electron chi connectivity index (χ0n) is 7.42. The number of para-hydroxylation sites is 1. The zero-order chi connectivity index (χ0) is 10.6. The molecule has 0 spiro atoms. The molecule has 76 valence electrons. The Morgan fingerprint density at radius 2 is 1.93 bits per heavy atom. The molecule has 0 aliphatic heterocycles. The molecule has 1 rings (SSSR count). The van der Waals surface area contributed by atoms with Crippen molar-refractivity contribution in [3.8, 4) is 0 Å².